The average Bonchev–Trinajstić information content (AvgIpc) is 2.82. The van der Waals surface area contributed by atoms with E-state index in [-0.39, 0.29) is 12.5 Å². The molecule has 20 heavy (non-hydrogen) atoms. The first kappa shape index (κ1) is 14.1. The number of nitro groups is 1. The molecular formula is C11H10BrN5O3. The van der Waals surface area contributed by atoms with E-state index < -0.39 is 10.9 Å². The lowest BCUT2D eigenvalue weighted by molar-refractivity contribution is -0.394. The molecule has 0 aliphatic rings. The molecule has 0 atom stereocenters. The lowest BCUT2D eigenvalue weighted by atomic mass is 10.2. The van der Waals surface area contributed by atoms with Gasteiger partial charge in [0.05, 0.1) is 0 Å². The Morgan fingerprint density at radius 2 is 2.30 bits per heavy atom. The number of halogens is 1. The van der Waals surface area contributed by atoms with Crippen molar-refractivity contribution >= 4 is 33.5 Å². The van der Waals surface area contributed by atoms with Crippen molar-refractivity contribution in [1.29, 1.82) is 0 Å². The number of carbonyl (C=O) groups is 1. The highest BCUT2D eigenvalue weighted by Crippen LogP contribution is 2.19. The van der Waals surface area contributed by atoms with E-state index in [0.717, 1.165) is 21.0 Å². The molecule has 2 rings (SSSR count). The summed E-state index contributed by atoms with van der Waals surface area (Å²) < 4.78 is 2.06. The van der Waals surface area contributed by atoms with E-state index in [9.17, 15) is 14.9 Å². The van der Waals surface area contributed by atoms with Gasteiger partial charge in [-0.1, -0.05) is 20.9 Å². The Morgan fingerprint density at radius 1 is 1.55 bits per heavy atom. The molecule has 9 heteroatoms. The maximum absolute atomic E-state index is 11.8. The first-order valence-electron chi connectivity index (χ1n) is 5.55. The first-order valence-corrected chi connectivity index (χ1v) is 6.35. The fourth-order valence-electron chi connectivity index (χ4n) is 1.51. The van der Waals surface area contributed by atoms with Gasteiger partial charge in [0, 0.05) is 15.3 Å². The van der Waals surface area contributed by atoms with Crippen LogP contribution in [0.15, 0.2) is 29.0 Å². The standard InChI is InChI=1S/C11H10BrN5O3/c1-7-4-8(2-3-9(7)12)14-10(18)5-16-6-13-11(15-16)17(19)20/h2-4,6H,5H2,1H3,(H,14,18). The third-order valence-electron chi connectivity index (χ3n) is 2.43. The lowest BCUT2D eigenvalue weighted by Gasteiger charge is -2.06. The van der Waals surface area contributed by atoms with E-state index in [2.05, 4.69) is 31.3 Å². The molecule has 1 amide bonds. The molecule has 0 saturated heterocycles. The second kappa shape index (κ2) is 5.78. The van der Waals surface area contributed by atoms with Crippen molar-refractivity contribution in [2.75, 3.05) is 5.32 Å². The Labute approximate surface area is 122 Å². The second-order valence-corrected chi connectivity index (χ2v) is 4.87. The van der Waals surface area contributed by atoms with Crippen LogP contribution in [-0.4, -0.2) is 25.6 Å². The monoisotopic (exact) mass is 339 g/mol. The Bertz CT molecular complexity index is 670. The summed E-state index contributed by atoms with van der Waals surface area (Å²) in [5.41, 5.74) is 1.63. The molecule has 0 aliphatic heterocycles. The number of aryl methyl sites for hydroxylation is 1. The number of anilines is 1. The van der Waals surface area contributed by atoms with Crippen LogP contribution in [0.5, 0.6) is 0 Å². The van der Waals surface area contributed by atoms with Crippen LogP contribution < -0.4 is 5.32 Å². The van der Waals surface area contributed by atoms with Gasteiger partial charge in [0.15, 0.2) is 0 Å². The summed E-state index contributed by atoms with van der Waals surface area (Å²) >= 11 is 3.37. The summed E-state index contributed by atoms with van der Waals surface area (Å²) in [5, 5.41) is 16.7. The molecule has 0 spiro atoms. The van der Waals surface area contributed by atoms with Gasteiger partial charge in [-0.2, -0.15) is 4.68 Å². The topological polar surface area (TPSA) is 103 Å². The van der Waals surface area contributed by atoms with Gasteiger partial charge >= 0.3 is 5.95 Å². The number of hydrogen-bond acceptors (Lipinski definition) is 5. The minimum Gasteiger partial charge on any atom is -0.390 e. The van der Waals surface area contributed by atoms with Crippen LogP contribution in [0.4, 0.5) is 11.6 Å². The molecule has 1 aromatic carbocycles. The Morgan fingerprint density at radius 3 is 2.90 bits per heavy atom. The zero-order valence-corrected chi connectivity index (χ0v) is 12.0. The molecule has 8 nitrogen and oxygen atoms in total. The summed E-state index contributed by atoms with van der Waals surface area (Å²) in [7, 11) is 0. The number of nitrogens with zero attached hydrogens (tertiary/aromatic N) is 4. The van der Waals surface area contributed by atoms with Gasteiger partial charge in [-0.3, -0.25) is 4.79 Å². The third-order valence-corrected chi connectivity index (χ3v) is 3.32. The molecule has 2 aromatic rings. The molecule has 0 bridgehead atoms. The number of rotatable bonds is 4. The number of amides is 1. The van der Waals surface area contributed by atoms with Gasteiger partial charge in [0.2, 0.25) is 12.2 Å². The summed E-state index contributed by atoms with van der Waals surface area (Å²) in [6, 6.07) is 5.38. The van der Waals surface area contributed by atoms with Crippen molar-refractivity contribution in [3.05, 3.63) is 44.7 Å². The largest absolute Gasteiger partial charge is 0.490 e. The molecular weight excluding hydrogens is 330 g/mol. The van der Waals surface area contributed by atoms with Gasteiger partial charge in [-0.25, -0.2) is 0 Å². The van der Waals surface area contributed by atoms with Gasteiger partial charge in [-0.05, 0) is 35.6 Å². The van der Waals surface area contributed by atoms with Gasteiger partial charge in [0.1, 0.15) is 6.54 Å². The molecule has 0 saturated carbocycles. The Balaban J connectivity index is 2.01. The van der Waals surface area contributed by atoms with Crippen LogP contribution >= 0.6 is 15.9 Å². The number of carbonyl (C=O) groups excluding carboxylic acids is 1. The zero-order chi connectivity index (χ0) is 14.7. The van der Waals surface area contributed by atoms with Crippen molar-refractivity contribution in [3.8, 4) is 0 Å². The van der Waals surface area contributed by atoms with Crippen LogP contribution in [0.1, 0.15) is 5.56 Å². The maximum Gasteiger partial charge on any atom is 0.490 e. The molecule has 0 fully saturated rings. The average molecular weight is 340 g/mol. The fourth-order valence-corrected chi connectivity index (χ4v) is 1.76. The minimum atomic E-state index is -0.716. The third kappa shape index (κ3) is 3.38. The number of aromatic nitrogens is 3. The molecule has 1 heterocycles. The highest BCUT2D eigenvalue weighted by molar-refractivity contribution is 9.10. The lowest BCUT2D eigenvalue weighted by Crippen LogP contribution is -2.19. The van der Waals surface area contributed by atoms with Crippen molar-refractivity contribution in [2.24, 2.45) is 0 Å². The van der Waals surface area contributed by atoms with Gasteiger partial charge in [0.25, 0.3) is 0 Å². The molecule has 0 unspecified atom stereocenters. The quantitative estimate of drug-likeness (QED) is 0.676. The van der Waals surface area contributed by atoms with Crippen LogP contribution in [0, 0.1) is 17.0 Å². The highest BCUT2D eigenvalue weighted by atomic mass is 79.9. The SMILES string of the molecule is Cc1cc(NC(=O)Cn2cnc([N+](=O)[O-])n2)ccc1Br. The van der Waals surface area contributed by atoms with E-state index in [1.54, 1.807) is 6.07 Å². The zero-order valence-electron chi connectivity index (χ0n) is 10.4. The van der Waals surface area contributed by atoms with Crippen molar-refractivity contribution in [1.82, 2.24) is 14.8 Å². The van der Waals surface area contributed by atoms with E-state index in [1.807, 2.05) is 19.1 Å². The second-order valence-electron chi connectivity index (χ2n) is 4.01. The summed E-state index contributed by atoms with van der Waals surface area (Å²) in [4.78, 5) is 25.0. The van der Waals surface area contributed by atoms with E-state index in [4.69, 9.17) is 0 Å². The van der Waals surface area contributed by atoms with Crippen molar-refractivity contribution < 1.29 is 9.72 Å². The van der Waals surface area contributed by atoms with E-state index in [0.29, 0.717) is 5.69 Å². The van der Waals surface area contributed by atoms with Crippen LogP contribution in [0.2, 0.25) is 0 Å². The van der Waals surface area contributed by atoms with Crippen LogP contribution in [0.25, 0.3) is 0 Å². The first-order chi connectivity index (χ1) is 9.45. The number of benzene rings is 1. The van der Waals surface area contributed by atoms with Crippen molar-refractivity contribution in [3.63, 3.8) is 0 Å². The summed E-state index contributed by atoms with van der Waals surface area (Å²) in [6.45, 7) is 1.76. The minimum absolute atomic E-state index is 0.143. The predicted molar refractivity (Wildman–Crippen MR) is 74.2 cm³/mol. The summed E-state index contributed by atoms with van der Waals surface area (Å²) in [6.07, 6.45) is 1.14. The normalized spacial score (nSPS) is 10.3. The van der Waals surface area contributed by atoms with E-state index in [1.165, 1.54) is 0 Å². The smallest absolute Gasteiger partial charge is 0.390 e. The highest BCUT2D eigenvalue weighted by Gasteiger charge is 2.15. The molecule has 1 aromatic heterocycles. The maximum atomic E-state index is 11.8. The fraction of sp³-hybridized carbons (Fsp3) is 0.182. The van der Waals surface area contributed by atoms with Gasteiger partial charge in [-0.15, -0.1) is 0 Å². The molecule has 104 valence electrons. The predicted octanol–water partition coefficient (Wildman–Crippen LogP) is 1.90. The van der Waals surface area contributed by atoms with Crippen molar-refractivity contribution in [2.45, 2.75) is 13.5 Å². The van der Waals surface area contributed by atoms with Gasteiger partial charge < -0.3 is 15.4 Å². The summed E-state index contributed by atoms with van der Waals surface area (Å²) in [5.74, 6) is -0.871. The molecule has 0 radical (unpaired) electrons. The Kier molecular flexibility index (Phi) is 4.08. The number of nitrogens with one attached hydrogen (secondary N) is 1. The number of hydrogen-bond donors (Lipinski definition) is 1. The van der Waals surface area contributed by atoms with Crippen LogP contribution in [-0.2, 0) is 11.3 Å². The van der Waals surface area contributed by atoms with Crippen LogP contribution in [0.3, 0.4) is 0 Å². The molecule has 0 aliphatic carbocycles. The Hall–Kier alpha value is -2.29. The van der Waals surface area contributed by atoms with E-state index >= 15 is 0 Å². The molecule has 1 N–H and O–H groups in total.